The summed E-state index contributed by atoms with van der Waals surface area (Å²) in [5, 5.41) is 0. The third-order valence-corrected chi connectivity index (χ3v) is 5.32. The number of aromatic nitrogens is 1. The van der Waals surface area contributed by atoms with E-state index >= 15 is 0 Å². The van der Waals surface area contributed by atoms with Crippen molar-refractivity contribution in [1.82, 2.24) is 9.88 Å². The number of oxazole rings is 1. The molecule has 3 aromatic rings. The van der Waals surface area contributed by atoms with Crippen LogP contribution in [0, 0.1) is 0 Å². The molecule has 1 amide bonds. The predicted octanol–water partition coefficient (Wildman–Crippen LogP) is 3.98. The molecule has 29 heavy (non-hydrogen) atoms. The number of nitrogens with zero attached hydrogens (tertiary/aromatic N) is 3. The second kappa shape index (κ2) is 8.49. The van der Waals surface area contributed by atoms with E-state index in [-0.39, 0.29) is 11.9 Å². The number of hydrogen-bond acceptors (Lipinski definition) is 5. The molecule has 1 aliphatic heterocycles. The minimum atomic E-state index is -0.180. The third kappa shape index (κ3) is 4.17. The molecule has 1 aromatic heterocycles. The fourth-order valence-corrected chi connectivity index (χ4v) is 3.73. The molecule has 0 radical (unpaired) electrons. The zero-order valence-electron chi connectivity index (χ0n) is 16.7. The molecule has 2 aromatic carbocycles. The summed E-state index contributed by atoms with van der Waals surface area (Å²) in [5.41, 5.74) is 1.89. The van der Waals surface area contributed by atoms with Crippen LogP contribution in [0.15, 0.2) is 65.2 Å². The summed E-state index contributed by atoms with van der Waals surface area (Å²) >= 11 is 0. The lowest BCUT2D eigenvalue weighted by molar-refractivity contribution is -0.125. The standard InChI is InChI=1S/C23H25N3O3/c1-25(20-9-6-14-26(23(20)27)18-7-4-3-5-8-18)16-22-24-15-21(29-22)17-10-12-19(28-2)13-11-17/h3-5,7-8,10-13,15,20H,6,9,14,16H2,1-2H3. The molecule has 1 aliphatic rings. The van der Waals surface area contributed by atoms with Crippen LogP contribution in [0.1, 0.15) is 18.7 Å². The average molecular weight is 391 g/mol. The first-order valence-electron chi connectivity index (χ1n) is 9.81. The van der Waals surface area contributed by atoms with Crippen LogP contribution in [-0.2, 0) is 11.3 Å². The van der Waals surface area contributed by atoms with Crippen LogP contribution in [0.3, 0.4) is 0 Å². The number of methoxy groups -OCH3 is 1. The summed E-state index contributed by atoms with van der Waals surface area (Å²) in [7, 11) is 3.59. The molecular weight excluding hydrogens is 366 g/mol. The molecular formula is C23H25N3O3. The highest BCUT2D eigenvalue weighted by molar-refractivity contribution is 5.97. The third-order valence-electron chi connectivity index (χ3n) is 5.32. The van der Waals surface area contributed by atoms with Gasteiger partial charge in [0, 0.05) is 17.8 Å². The Hall–Kier alpha value is -3.12. The summed E-state index contributed by atoms with van der Waals surface area (Å²) in [6.45, 7) is 1.24. The highest BCUT2D eigenvalue weighted by atomic mass is 16.5. The van der Waals surface area contributed by atoms with Gasteiger partial charge in [0.05, 0.1) is 25.9 Å². The van der Waals surface area contributed by atoms with E-state index in [0.29, 0.717) is 18.2 Å². The lowest BCUT2D eigenvalue weighted by Gasteiger charge is -2.36. The van der Waals surface area contributed by atoms with Gasteiger partial charge in [0.2, 0.25) is 11.8 Å². The lowest BCUT2D eigenvalue weighted by atomic mass is 10.0. The van der Waals surface area contributed by atoms with Crippen LogP contribution in [-0.4, -0.2) is 42.5 Å². The molecule has 1 atom stereocenters. The molecule has 0 saturated carbocycles. The Labute approximate surface area is 170 Å². The topological polar surface area (TPSA) is 58.8 Å². The van der Waals surface area contributed by atoms with Crippen LogP contribution in [0.4, 0.5) is 5.69 Å². The molecule has 6 nitrogen and oxygen atoms in total. The van der Waals surface area contributed by atoms with Gasteiger partial charge in [0.15, 0.2) is 5.76 Å². The van der Waals surface area contributed by atoms with E-state index in [9.17, 15) is 4.79 Å². The second-order valence-corrected chi connectivity index (χ2v) is 7.25. The predicted molar refractivity (Wildman–Crippen MR) is 112 cm³/mol. The van der Waals surface area contributed by atoms with Gasteiger partial charge in [-0.1, -0.05) is 18.2 Å². The van der Waals surface area contributed by atoms with Gasteiger partial charge in [-0.2, -0.15) is 0 Å². The zero-order valence-corrected chi connectivity index (χ0v) is 16.7. The molecule has 1 saturated heterocycles. The number of para-hydroxylation sites is 1. The van der Waals surface area contributed by atoms with Crippen LogP contribution in [0.2, 0.25) is 0 Å². The number of anilines is 1. The first-order valence-corrected chi connectivity index (χ1v) is 9.81. The molecule has 150 valence electrons. The van der Waals surface area contributed by atoms with E-state index in [2.05, 4.69) is 4.98 Å². The quantitative estimate of drug-likeness (QED) is 0.636. The molecule has 4 rings (SSSR count). The lowest BCUT2D eigenvalue weighted by Crippen LogP contribution is -2.51. The Morgan fingerprint density at radius 2 is 1.93 bits per heavy atom. The van der Waals surface area contributed by atoms with Crippen molar-refractivity contribution in [2.45, 2.75) is 25.4 Å². The first kappa shape index (κ1) is 19.2. The van der Waals surface area contributed by atoms with Crippen molar-refractivity contribution in [3.63, 3.8) is 0 Å². The number of likely N-dealkylation sites (N-methyl/N-ethyl adjacent to an activating group) is 1. The van der Waals surface area contributed by atoms with Gasteiger partial charge in [0.1, 0.15) is 5.75 Å². The van der Waals surface area contributed by atoms with Crippen molar-refractivity contribution in [1.29, 1.82) is 0 Å². The van der Waals surface area contributed by atoms with E-state index in [1.54, 1.807) is 13.3 Å². The normalized spacial score (nSPS) is 17.0. The first-order chi connectivity index (χ1) is 14.2. The van der Waals surface area contributed by atoms with Crippen molar-refractivity contribution in [3.05, 3.63) is 66.7 Å². The largest absolute Gasteiger partial charge is 0.497 e. The highest BCUT2D eigenvalue weighted by Gasteiger charge is 2.32. The number of amides is 1. The van der Waals surface area contributed by atoms with Crippen LogP contribution >= 0.6 is 0 Å². The summed E-state index contributed by atoms with van der Waals surface area (Å²) < 4.78 is 11.1. The van der Waals surface area contributed by atoms with E-state index in [1.165, 1.54) is 0 Å². The number of ether oxygens (including phenoxy) is 1. The van der Waals surface area contributed by atoms with Crippen LogP contribution < -0.4 is 9.64 Å². The van der Waals surface area contributed by atoms with Gasteiger partial charge >= 0.3 is 0 Å². The smallest absolute Gasteiger partial charge is 0.244 e. The number of benzene rings is 2. The molecule has 0 spiro atoms. The Morgan fingerprint density at radius 1 is 1.17 bits per heavy atom. The van der Waals surface area contributed by atoms with Crippen molar-refractivity contribution in [3.8, 4) is 17.1 Å². The van der Waals surface area contributed by atoms with Gasteiger partial charge < -0.3 is 14.1 Å². The molecule has 1 unspecified atom stereocenters. The molecule has 2 heterocycles. The van der Waals surface area contributed by atoms with Crippen molar-refractivity contribution in [2.24, 2.45) is 0 Å². The Morgan fingerprint density at radius 3 is 2.66 bits per heavy atom. The number of hydrogen-bond donors (Lipinski definition) is 0. The Kier molecular flexibility index (Phi) is 5.62. The molecule has 6 heteroatoms. The van der Waals surface area contributed by atoms with Crippen LogP contribution in [0.25, 0.3) is 11.3 Å². The summed E-state index contributed by atoms with van der Waals surface area (Å²) in [6, 6.07) is 17.3. The number of carbonyl (C=O) groups is 1. The number of rotatable bonds is 6. The van der Waals surface area contributed by atoms with Gasteiger partial charge in [-0.3, -0.25) is 9.69 Å². The molecule has 0 aliphatic carbocycles. The maximum atomic E-state index is 13.1. The minimum absolute atomic E-state index is 0.131. The summed E-state index contributed by atoms with van der Waals surface area (Å²) in [6.07, 6.45) is 3.53. The van der Waals surface area contributed by atoms with E-state index in [1.807, 2.05) is 71.4 Å². The molecule has 0 N–H and O–H groups in total. The SMILES string of the molecule is COc1ccc(-c2cnc(CN(C)C3CCCN(c4ccccc4)C3=O)o2)cc1. The Balaban J connectivity index is 1.44. The zero-order chi connectivity index (χ0) is 20.2. The van der Waals surface area contributed by atoms with Crippen molar-refractivity contribution in [2.75, 3.05) is 25.6 Å². The summed E-state index contributed by atoms with van der Waals surface area (Å²) in [4.78, 5) is 21.4. The van der Waals surface area contributed by atoms with Crippen LogP contribution in [0.5, 0.6) is 5.75 Å². The van der Waals surface area contributed by atoms with Crippen molar-refractivity contribution >= 4 is 11.6 Å². The number of carbonyl (C=O) groups excluding carboxylic acids is 1. The fraction of sp³-hybridized carbons (Fsp3) is 0.304. The average Bonchev–Trinajstić information content (AvgIpc) is 3.23. The maximum absolute atomic E-state index is 13.1. The monoisotopic (exact) mass is 391 g/mol. The maximum Gasteiger partial charge on any atom is 0.244 e. The van der Waals surface area contributed by atoms with Gasteiger partial charge in [-0.25, -0.2) is 4.98 Å². The summed E-state index contributed by atoms with van der Waals surface area (Å²) in [5.74, 6) is 2.23. The van der Waals surface area contributed by atoms with E-state index in [4.69, 9.17) is 9.15 Å². The van der Waals surface area contributed by atoms with Gasteiger partial charge in [0.25, 0.3) is 0 Å². The minimum Gasteiger partial charge on any atom is -0.497 e. The molecule has 1 fully saturated rings. The molecule has 0 bridgehead atoms. The highest BCUT2D eigenvalue weighted by Crippen LogP contribution is 2.26. The fourth-order valence-electron chi connectivity index (χ4n) is 3.73. The second-order valence-electron chi connectivity index (χ2n) is 7.25. The van der Waals surface area contributed by atoms with E-state index in [0.717, 1.165) is 36.4 Å². The van der Waals surface area contributed by atoms with Crippen molar-refractivity contribution < 1.29 is 13.9 Å². The van der Waals surface area contributed by atoms with Gasteiger partial charge in [-0.15, -0.1) is 0 Å². The van der Waals surface area contributed by atoms with E-state index < -0.39 is 0 Å². The Bertz CT molecular complexity index is 953. The number of piperidine rings is 1. The van der Waals surface area contributed by atoms with Gasteiger partial charge in [-0.05, 0) is 56.3 Å².